The highest BCUT2D eigenvalue weighted by Crippen LogP contribution is 2.29. The lowest BCUT2D eigenvalue weighted by Gasteiger charge is -2.23. The highest BCUT2D eigenvalue weighted by Gasteiger charge is 2.32. The van der Waals surface area contributed by atoms with Crippen molar-refractivity contribution >= 4 is 29.1 Å². The van der Waals surface area contributed by atoms with Gasteiger partial charge in [-0.25, -0.2) is 4.68 Å². The highest BCUT2D eigenvalue weighted by atomic mass is 35.5. The molecule has 1 aliphatic carbocycles. The maximum absolute atomic E-state index is 12.7. The van der Waals surface area contributed by atoms with Crippen molar-refractivity contribution in [1.29, 1.82) is 0 Å². The first kappa shape index (κ1) is 17.8. The lowest BCUT2D eigenvalue weighted by molar-refractivity contribution is -0.133. The van der Waals surface area contributed by atoms with Gasteiger partial charge in [0.25, 0.3) is 5.56 Å². The van der Waals surface area contributed by atoms with Crippen molar-refractivity contribution in [2.24, 2.45) is 0 Å². The molecule has 0 aliphatic heterocycles. The van der Waals surface area contributed by atoms with E-state index in [-0.39, 0.29) is 28.5 Å². The van der Waals surface area contributed by atoms with Crippen molar-refractivity contribution in [2.45, 2.75) is 32.0 Å². The number of aromatic nitrogens is 2. The van der Waals surface area contributed by atoms with E-state index in [4.69, 9.17) is 27.9 Å². The van der Waals surface area contributed by atoms with Crippen LogP contribution in [0, 0.1) is 0 Å². The van der Waals surface area contributed by atoms with E-state index in [0.29, 0.717) is 6.54 Å². The predicted molar refractivity (Wildman–Crippen MR) is 95.1 cm³/mol. The second kappa shape index (κ2) is 7.45. The molecule has 0 radical (unpaired) electrons. The van der Waals surface area contributed by atoms with E-state index in [2.05, 4.69) is 5.10 Å². The van der Waals surface area contributed by atoms with Gasteiger partial charge in [0, 0.05) is 12.6 Å². The second-order valence-corrected chi connectivity index (χ2v) is 6.66. The van der Waals surface area contributed by atoms with Crippen molar-refractivity contribution in [3.05, 3.63) is 56.4 Å². The number of methoxy groups -OCH3 is 1. The molecule has 0 atom stereocenters. The molecule has 0 N–H and O–H groups in total. The Kier molecular flexibility index (Phi) is 5.30. The maximum Gasteiger partial charge on any atom is 0.287 e. The van der Waals surface area contributed by atoms with Crippen molar-refractivity contribution in [2.75, 3.05) is 7.11 Å². The molecule has 8 heteroatoms. The van der Waals surface area contributed by atoms with Gasteiger partial charge in [0.1, 0.15) is 17.3 Å². The largest absolute Gasteiger partial charge is 0.497 e. The molecule has 1 aliphatic rings. The van der Waals surface area contributed by atoms with Gasteiger partial charge in [-0.15, -0.1) is 0 Å². The topological polar surface area (TPSA) is 64.4 Å². The summed E-state index contributed by atoms with van der Waals surface area (Å²) in [6.07, 6.45) is 3.20. The minimum atomic E-state index is -0.567. The number of hydrogen-bond acceptors (Lipinski definition) is 4. The molecule has 132 valence electrons. The standard InChI is InChI=1S/C17H17Cl2N3O3/c1-25-13-6-2-11(3-7-13)9-21(12-4-5-12)15(23)10-22-17(24)16(19)14(18)8-20-22/h2-3,6-8,12H,4-5,9-10H2,1H3. The van der Waals surface area contributed by atoms with Crippen LogP contribution in [0.15, 0.2) is 35.3 Å². The van der Waals surface area contributed by atoms with Gasteiger partial charge in [0.15, 0.2) is 0 Å². The van der Waals surface area contributed by atoms with Gasteiger partial charge in [0.2, 0.25) is 5.91 Å². The van der Waals surface area contributed by atoms with Crippen molar-refractivity contribution in [3.63, 3.8) is 0 Å². The molecule has 1 fully saturated rings. The van der Waals surface area contributed by atoms with Gasteiger partial charge in [-0.2, -0.15) is 5.10 Å². The predicted octanol–water partition coefficient (Wildman–Crippen LogP) is 2.75. The summed E-state index contributed by atoms with van der Waals surface area (Å²) >= 11 is 11.6. The Morgan fingerprint density at radius 1 is 1.32 bits per heavy atom. The van der Waals surface area contributed by atoms with Crippen molar-refractivity contribution in [1.82, 2.24) is 14.7 Å². The summed E-state index contributed by atoms with van der Waals surface area (Å²) in [7, 11) is 1.61. The molecular formula is C17H17Cl2N3O3. The number of benzene rings is 1. The third-order valence-electron chi connectivity index (χ3n) is 4.05. The molecule has 1 amide bonds. The molecule has 2 aromatic rings. The van der Waals surface area contributed by atoms with E-state index < -0.39 is 5.56 Å². The summed E-state index contributed by atoms with van der Waals surface area (Å²) in [5, 5.41) is 3.84. The van der Waals surface area contributed by atoms with Crippen LogP contribution < -0.4 is 10.3 Å². The Labute approximate surface area is 154 Å². The van der Waals surface area contributed by atoms with Crippen LogP contribution in [0.4, 0.5) is 0 Å². The average Bonchev–Trinajstić information content (AvgIpc) is 3.45. The third kappa shape index (κ3) is 4.14. The molecule has 25 heavy (non-hydrogen) atoms. The number of amides is 1. The minimum Gasteiger partial charge on any atom is -0.497 e. The first-order valence-corrected chi connectivity index (χ1v) is 8.58. The zero-order valence-corrected chi connectivity index (χ0v) is 15.1. The van der Waals surface area contributed by atoms with Gasteiger partial charge in [-0.3, -0.25) is 9.59 Å². The van der Waals surface area contributed by atoms with Crippen LogP contribution in [0.25, 0.3) is 0 Å². The Hall–Kier alpha value is -2.05. The lowest BCUT2D eigenvalue weighted by Crippen LogP contribution is -2.38. The molecule has 0 spiro atoms. The number of nitrogens with zero attached hydrogens (tertiary/aromatic N) is 3. The van der Waals surface area contributed by atoms with E-state index in [0.717, 1.165) is 28.8 Å². The van der Waals surface area contributed by atoms with E-state index >= 15 is 0 Å². The third-order valence-corrected chi connectivity index (χ3v) is 4.80. The van der Waals surface area contributed by atoms with Gasteiger partial charge in [0.05, 0.1) is 18.3 Å². The molecule has 0 bridgehead atoms. The first-order valence-electron chi connectivity index (χ1n) is 7.83. The van der Waals surface area contributed by atoms with Crippen LogP contribution in [-0.4, -0.2) is 33.7 Å². The molecule has 0 saturated heterocycles. The molecular weight excluding hydrogens is 365 g/mol. The second-order valence-electron chi connectivity index (χ2n) is 5.87. The van der Waals surface area contributed by atoms with E-state index in [1.807, 2.05) is 24.3 Å². The van der Waals surface area contributed by atoms with Crippen molar-refractivity contribution in [3.8, 4) is 5.75 Å². The van der Waals surface area contributed by atoms with Crippen LogP contribution in [0.5, 0.6) is 5.75 Å². The van der Waals surface area contributed by atoms with Crippen molar-refractivity contribution < 1.29 is 9.53 Å². The van der Waals surface area contributed by atoms with Gasteiger partial charge in [-0.1, -0.05) is 35.3 Å². The fourth-order valence-corrected chi connectivity index (χ4v) is 2.78. The van der Waals surface area contributed by atoms with Gasteiger partial charge >= 0.3 is 0 Å². The maximum atomic E-state index is 12.7. The summed E-state index contributed by atoms with van der Waals surface area (Å²) in [5.41, 5.74) is 0.429. The van der Waals surface area contributed by atoms with Crippen LogP contribution in [0.2, 0.25) is 10.0 Å². The molecule has 1 aromatic heterocycles. The zero-order chi connectivity index (χ0) is 18.0. The molecule has 6 nitrogen and oxygen atoms in total. The number of hydrogen-bond donors (Lipinski definition) is 0. The monoisotopic (exact) mass is 381 g/mol. The van der Waals surface area contributed by atoms with Crippen LogP contribution >= 0.6 is 23.2 Å². The smallest absolute Gasteiger partial charge is 0.287 e. The normalized spacial score (nSPS) is 13.6. The number of carbonyl (C=O) groups excluding carboxylic acids is 1. The Morgan fingerprint density at radius 2 is 2.00 bits per heavy atom. The molecule has 0 unspecified atom stereocenters. The van der Waals surface area contributed by atoms with E-state index in [1.165, 1.54) is 6.20 Å². The Balaban J connectivity index is 1.75. The fraction of sp³-hybridized carbons (Fsp3) is 0.353. The summed E-state index contributed by atoms with van der Waals surface area (Å²) in [5.74, 6) is 0.589. The summed E-state index contributed by atoms with van der Waals surface area (Å²) in [6.45, 7) is 0.311. The molecule has 1 aromatic carbocycles. The summed E-state index contributed by atoms with van der Waals surface area (Å²) in [4.78, 5) is 26.5. The summed E-state index contributed by atoms with van der Waals surface area (Å²) in [6, 6.07) is 7.76. The minimum absolute atomic E-state index is 0.0765. The Morgan fingerprint density at radius 3 is 2.60 bits per heavy atom. The summed E-state index contributed by atoms with van der Waals surface area (Å²) < 4.78 is 6.19. The molecule has 3 rings (SSSR count). The SMILES string of the molecule is COc1ccc(CN(C(=O)Cn2ncc(Cl)c(Cl)c2=O)C2CC2)cc1. The van der Waals surface area contributed by atoms with Gasteiger partial charge < -0.3 is 9.64 Å². The van der Waals surface area contributed by atoms with Crippen LogP contribution in [0.3, 0.4) is 0 Å². The van der Waals surface area contributed by atoms with E-state index in [1.54, 1.807) is 12.0 Å². The number of rotatable bonds is 6. The Bertz CT molecular complexity index is 832. The van der Waals surface area contributed by atoms with Crippen LogP contribution in [-0.2, 0) is 17.9 Å². The zero-order valence-electron chi connectivity index (χ0n) is 13.6. The number of carbonyl (C=O) groups is 1. The van der Waals surface area contributed by atoms with E-state index in [9.17, 15) is 9.59 Å². The highest BCUT2D eigenvalue weighted by molar-refractivity contribution is 6.41. The number of ether oxygens (including phenoxy) is 1. The quantitative estimate of drug-likeness (QED) is 0.771. The molecule has 1 saturated carbocycles. The van der Waals surface area contributed by atoms with Gasteiger partial charge in [-0.05, 0) is 30.5 Å². The van der Waals surface area contributed by atoms with Crippen LogP contribution in [0.1, 0.15) is 18.4 Å². The fourth-order valence-electron chi connectivity index (χ4n) is 2.51. The molecule has 1 heterocycles. The average molecular weight is 382 g/mol. The first-order chi connectivity index (χ1) is 12.0. The lowest BCUT2D eigenvalue weighted by atomic mass is 10.2. The number of halogens is 2.